The van der Waals surface area contributed by atoms with E-state index < -0.39 is 11.4 Å². The molecule has 12 nitrogen and oxygen atoms in total. The Labute approximate surface area is 241 Å². The fraction of sp³-hybridized carbons (Fsp3) is 0.345. The number of carbonyl (C=O) groups is 1. The minimum atomic E-state index is -0.965. The van der Waals surface area contributed by atoms with Crippen LogP contribution in [0.15, 0.2) is 55.1 Å². The largest absolute Gasteiger partial charge is 0.368 e. The van der Waals surface area contributed by atoms with Crippen LogP contribution in [-0.2, 0) is 9.53 Å². The Hall–Kier alpha value is -4.78. The number of halogens is 1. The molecule has 0 spiro atoms. The highest BCUT2D eigenvalue weighted by molar-refractivity contribution is 5.88. The number of hydrogen-bond donors (Lipinski definition) is 3. The van der Waals surface area contributed by atoms with Crippen molar-refractivity contribution in [3.8, 4) is 5.82 Å². The Morgan fingerprint density at radius 1 is 1.19 bits per heavy atom. The summed E-state index contributed by atoms with van der Waals surface area (Å²) in [5.74, 6) is 1.89. The van der Waals surface area contributed by atoms with Gasteiger partial charge >= 0.3 is 0 Å². The van der Waals surface area contributed by atoms with Gasteiger partial charge in [0.15, 0.2) is 23.1 Å². The van der Waals surface area contributed by atoms with Crippen LogP contribution in [0.5, 0.6) is 0 Å². The predicted molar refractivity (Wildman–Crippen MR) is 153 cm³/mol. The molecule has 0 aliphatic heterocycles. The second kappa shape index (κ2) is 11.2. The lowest BCUT2D eigenvalue weighted by Gasteiger charge is -2.38. The summed E-state index contributed by atoms with van der Waals surface area (Å²) >= 11 is 0. The van der Waals surface area contributed by atoms with Crippen molar-refractivity contribution in [1.82, 2.24) is 45.2 Å². The molecule has 5 aromatic rings. The van der Waals surface area contributed by atoms with Gasteiger partial charge in [-0.1, -0.05) is 6.07 Å². The number of aryl methyl sites for hydroxylation is 1. The van der Waals surface area contributed by atoms with E-state index in [1.807, 2.05) is 38.1 Å². The number of methoxy groups -OCH3 is 1. The molecule has 5 heterocycles. The Morgan fingerprint density at radius 3 is 2.69 bits per heavy atom. The van der Waals surface area contributed by atoms with E-state index in [0.29, 0.717) is 54.6 Å². The highest BCUT2D eigenvalue weighted by atomic mass is 19.1. The van der Waals surface area contributed by atoms with Crippen LogP contribution in [0, 0.1) is 12.7 Å². The standard InChI is InChI=1S/C29H31FN10O2/c1-17-13-23(39-38-17)35-27-22-5-4-12-31-26(22)36-25(37-27)19-8-10-29(42-3,11-9-19)28(41)34-18(2)20-6-7-24(32-14-20)40-16-21(30)15-33-40/h4-7,12-16,18-19H,8-11H2,1-3H3,(H,34,41)(H2,31,35,36,37,38,39)/t18-,19-,29+/m0/s1. The number of pyridine rings is 2. The molecule has 1 aliphatic carbocycles. The number of hydrogen-bond acceptors (Lipinski definition) is 9. The molecular formula is C29H31FN10O2. The van der Waals surface area contributed by atoms with Crippen molar-refractivity contribution in [2.45, 2.75) is 57.1 Å². The zero-order valence-corrected chi connectivity index (χ0v) is 23.5. The third-order valence-corrected chi connectivity index (χ3v) is 7.81. The van der Waals surface area contributed by atoms with Gasteiger partial charge in [0.2, 0.25) is 0 Å². The molecule has 216 valence electrons. The van der Waals surface area contributed by atoms with Crippen LogP contribution in [0.25, 0.3) is 16.9 Å². The second-order valence-corrected chi connectivity index (χ2v) is 10.6. The van der Waals surface area contributed by atoms with Crippen molar-refractivity contribution in [3.05, 3.63) is 78.0 Å². The lowest BCUT2D eigenvalue weighted by atomic mass is 9.77. The fourth-order valence-corrected chi connectivity index (χ4v) is 5.35. The molecule has 1 amide bonds. The molecule has 0 saturated heterocycles. The van der Waals surface area contributed by atoms with E-state index in [-0.39, 0.29) is 17.9 Å². The van der Waals surface area contributed by atoms with Gasteiger partial charge in [0, 0.05) is 37.2 Å². The van der Waals surface area contributed by atoms with Crippen LogP contribution in [0.1, 0.15) is 61.6 Å². The molecule has 13 heteroatoms. The smallest absolute Gasteiger partial charge is 0.252 e. The van der Waals surface area contributed by atoms with Gasteiger partial charge in [-0.25, -0.2) is 29.0 Å². The molecule has 1 fully saturated rings. The highest BCUT2D eigenvalue weighted by Gasteiger charge is 2.43. The van der Waals surface area contributed by atoms with Gasteiger partial charge in [0.05, 0.1) is 23.8 Å². The molecule has 0 bridgehead atoms. The average Bonchev–Trinajstić information content (AvgIpc) is 3.64. The van der Waals surface area contributed by atoms with E-state index in [1.54, 1.807) is 25.6 Å². The first kappa shape index (κ1) is 27.4. The number of aromatic nitrogens is 8. The van der Waals surface area contributed by atoms with Crippen molar-refractivity contribution in [3.63, 3.8) is 0 Å². The first-order chi connectivity index (χ1) is 20.3. The van der Waals surface area contributed by atoms with Crippen molar-refractivity contribution in [2.24, 2.45) is 0 Å². The third kappa shape index (κ3) is 5.42. The maximum atomic E-state index is 13.5. The molecule has 1 atom stereocenters. The van der Waals surface area contributed by atoms with Crippen LogP contribution in [-0.4, -0.2) is 58.5 Å². The lowest BCUT2D eigenvalue weighted by molar-refractivity contribution is -0.148. The zero-order valence-electron chi connectivity index (χ0n) is 23.5. The summed E-state index contributed by atoms with van der Waals surface area (Å²) in [6, 6.07) is 8.94. The van der Waals surface area contributed by atoms with Crippen molar-refractivity contribution in [2.75, 3.05) is 12.4 Å². The maximum absolute atomic E-state index is 13.5. The minimum Gasteiger partial charge on any atom is -0.368 e. The SMILES string of the molecule is CO[C@]1(C(=O)N[C@@H](C)c2ccc(-n3cc(F)cn3)nc2)CC[C@H](c2nc(Nc3cc(C)[nH]n3)c3cccnc3n2)CC1. The topological polar surface area (TPSA) is 148 Å². The maximum Gasteiger partial charge on any atom is 0.252 e. The normalized spacial score (nSPS) is 19.5. The molecular weight excluding hydrogens is 539 g/mol. The highest BCUT2D eigenvalue weighted by Crippen LogP contribution is 2.40. The fourth-order valence-electron chi connectivity index (χ4n) is 5.35. The Bertz CT molecular complexity index is 1710. The number of nitrogens with zero attached hydrogens (tertiary/aromatic N) is 7. The molecule has 0 aromatic carbocycles. The number of aromatic amines is 1. The molecule has 42 heavy (non-hydrogen) atoms. The molecule has 0 radical (unpaired) electrons. The lowest BCUT2D eigenvalue weighted by Crippen LogP contribution is -2.50. The van der Waals surface area contributed by atoms with Crippen LogP contribution < -0.4 is 10.6 Å². The van der Waals surface area contributed by atoms with Gasteiger partial charge in [-0.3, -0.25) is 9.89 Å². The molecule has 1 saturated carbocycles. The van der Waals surface area contributed by atoms with E-state index in [2.05, 4.69) is 35.9 Å². The summed E-state index contributed by atoms with van der Waals surface area (Å²) in [7, 11) is 1.58. The van der Waals surface area contributed by atoms with E-state index in [0.717, 1.165) is 22.8 Å². The van der Waals surface area contributed by atoms with E-state index in [4.69, 9.17) is 14.7 Å². The van der Waals surface area contributed by atoms with Crippen LogP contribution >= 0.6 is 0 Å². The number of nitrogens with one attached hydrogen (secondary N) is 3. The second-order valence-electron chi connectivity index (χ2n) is 10.6. The first-order valence-electron chi connectivity index (χ1n) is 13.8. The average molecular weight is 571 g/mol. The van der Waals surface area contributed by atoms with Gasteiger partial charge in [0.1, 0.15) is 17.2 Å². The van der Waals surface area contributed by atoms with Crippen LogP contribution in [0.2, 0.25) is 0 Å². The van der Waals surface area contributed by atoms with Gasteiger partial charge in [-0.15, -0.1) is 0 Å². The van der Waals surface area contributed by atoms with E-state index in [9.17, 15) is 9.18 Å². The number of rotatable bonds is 8. The zero-order chi connectivity index (χ0) is 29.3. The monoisotopic (exact) mass is 570 g/mol. The van der Waals surface area contributed by atoms with Crippen LogP contribution in [0.4, 0.5) is 16.0 Å². The Balaban J connectivity index is 1.14. The molecule has 3 N–H and O–H groups in total. The Kier molecular flexibility index (Phi) is 7.33. The minimum absolute atomic E-state index is 0.0373. The van der Waals surface area contributed by atoms with Gasteiger partial charge in [-0.05, 0) is 63.3 Å². The number of amides is 1. The van der Waals surface area contributed by atoms with E-state index in [1.165, 1.54) is 10.9 Å². The molecule has 5 aromatic heterocycles. The van der Waals surface area contributed by atoms with Gasteiger partial charge < -0.3 is 15.4 Å². The first-order valence-corrected chi connectivity index (χ1v) is 13.8. The number of anilines is 2. The number of fused-ring (bicyclic) bond motifs is 1. The summed E-state index contributed by atoms with van der Waals surface area (Å²) in [6.45, 7) is 3.82. The van der Waals surface area contributed by atoms with Crippen molar-refractivity contribution >= 4 is 28.6 Å². The quantitative estimate of drug-likeness (QED) is 0.246. The van der Waals surface area contributed by atoms with Crippen molar-refractivity contribution in [1.29, 1.82) is 0 Å². The van der Waals surface area contributed by atoms with Crippen molar-refractivity contribution < 1.29 is 13.9 Å². The number of H-pyrrole nitrogens is 1. The number of carbonyl (C=O) groups excluding carboxylic acids is 1. The Morgan fingerprint density at radius 2 is 2.02 bits per heavy atom. The summed E-state index contributed by atoms with van der Waals surface area (Å²) in [6.07, 6.45) is 8.11. The predicted octanol–water partition coefficient (Wildman–Crippen LogP) is 4.44. The molecule has 1 aliphatic rings. The van der Waals surface area contributed by atoms with Crippen LogP contribution in [0.3, 0.4) is 0 Å². The summed E-state index contributed by atoms with van der Waals surface area (Å²) in [5, 5.41) is 18.3. The molecule has 0 unspecified atom stereocenters. The summed E-state index contributed by atoms with van der Waals surface area (Å²) in [4.78, 5) is 32.0. The van der Waals surface area contributed by atoms with Gasteiger partial charge in [-0.2, -0.15) is 10.2 Å². The van der Waals surface area contributed by atoms with E-state index >= 15 is 0 Å². The summed E-state index contributed by atoms with van der Waals surface area (Å²) in [5.41, 5.74) is 1.38. The van der Waals surface area contributed by atoms with Gasteiger partial charge in [0.25, 0.3) is 5.91 Å². The summed E-state index contributed by atoms with van der Waals surface area (Å²) < 4.78 is 20.5. The third-order valence-electron chi connectivity index (χ3n) is 7.81. The number of ether oxygens (including phenoxy) is 1. The molecule has 6 rings (SSSR count).